The first-order valence-electron chi connectivity index (χ1n) is 7.08. The van der Waals surface area contributed by atoms with Gasteiger partial charge in [0.2, 0.25) is 0 Å². The lowest BCUT2D eigenvalue weighted by atomic mass is 10.1. The third-order valence-corrected chi connectivity index (χ3v) is 3.46. The number of hydrogen-bond donors (Lipinski definition) is 1. The predicted octanol–water partition coefficient (Wildman–Crippen LogP) is 3.61. The Morgan fingerprint density at radius 2 is 2.14 bits per heavy atom. The van der Waals surface area contributed by atoms with Gasteiger partial charge in [-0.3, -0.25) is 4.68 Å². The zero-order chi connectivity index (χ0) is 15.3. The Morgan fingerprint density at radius 1 is 1.33 bits per heavy atom. The predicted molar refractivity (Wildman–Crippen MR) is 88.5 cm³/mol. The summed E-state index contributed by atoms with van der Waals surface area (Å²) < 4.78 is 8.84. The van der Waals surface area contributed by atoms with E-state index in [1.807, 2.05) is 29.1 Å². The van der Waals surface area contributed by atoms with E-state index in [1.54, 1.807) is 6.20 Å². The fraction of sp³-hybridized carbons (Fsp3) is 0.438. The van der Waals surface area contributed by atoms with Crippen molar-refractivity contribution in [1.29, 1.82) is 0 Å². The van der Waals surface area contributed by atoms with Crippen LogP contribution in [0.25, 0.3) is 0 Å². The van der Waals surface area contributed by atoms with Crippen LogP contribution in [0.4, 0.5) is 0 Å². The van der Waals surface area contributed by atoms with E-state index in [0.717, 1.165) is 28.9 Å². The molecule has 0 saturated carbocycles. The lowest BCUT2D eigenvalue weighted by molar-refractivity contribution is 0.286. The summed E-state index contributed by atoms with van der Waals surface area (Å²) in [4.78, 5) is 0. The standard InChI is InChI=1S/C16H22BrN3O/c1-16(2,3)18-12-13-11-14(17)5-6-15(13)21-10-9-20-8-4-7-19-20/h4-8,11,18H,9-10,12H2,1-3H3. The molecular formula is C16H22BrN3O. The Kier molecular flexibility index (Phi) is 5.42. The van der Waals surface area contributed by atoms with Gasteiger partial charge in [0.05, 0.1) is 6.54 Å². The molecule has 0 aliphatic rings. The number of benzene rings is 1. The minimum Gasteiger partial charge on any atom is -0.491 e. The van der Waals surface area contributed by atoms with Crippen LogP contribution >= 0.6 is 15.9 Å². The van der Waals surface area contributed by atoms with Crippen molar-refractivity contribution in [1.82, 2.24) is 15.1 Å². The van der Waals surface area contributed by atoms with E-state index in [2.05, 4.69) is 53.2 Å². The van der Waals surface area contributed by atoms with Crippen molar-refractivity contribution >= 4 is 15.9 Å². The maximum absolute atomic E-state index is 5.91. The van der Waals surface area contributed by atoms with E-state index < -0.39 is 0 Å². The number of nitrogens with one attached hydrogen (secondary N) is 1. The number of nitrogens with zero attached hydrogens (tertiary/aromatic N) is 2. The summed E-state index contributed by atoms with van der Waals surface area (Å²) in [6.45, 7) is 8.59. The minimum absolute atomic E-state index is 0.0780. The molecule has 0 aliphatic heterocycles. The molecule has 0 saturated heterocycles. The largest absolute Gasteiger partial charge is 0.491 e. The van der Waals surface area contributed by atoms with Crippen molar-refractivity contribution in [3.63, 3.8) is 0 Å². The molecule has 0 radical (unpaired) electrons. The number of ether oxygens (including phenoxy) is 1. The molecular weight excluding hydrogens is 330 g/mol. The van der Waals surface area contributed by atoms with Gasteiger partial charge in [-0.05, 0) is 45.0 Å². The van der Waals surface area contributed by atoms with E-state index in [0.29, 0.717) is 6.61 Å². The summed E-state index contributed by atoms with van der Waals surface area (Å²) in [5.41, 5.74) is 1.23. The van der Waals surface area contributed by atoms with Gasteiger partial charge in [0.1, 0.15) is 12.4 Å². The smallest absolute Gasteiger partial charge is 0.123 e. The molecule has 21 heavy (non-hydrogen) atoms. The Hall–Kier alpha value is -1.33. The molecule has 0 amide bonds. The normalized spacial score (nSPS) is 11.6. The molecule has 0 aliphatic carbocycles. The third-order valence-electron chi connectivity index (χ3n) is 2.97. The second-order valence-corrected chi connectivity index (χ2v) is 6.89. The van der Waals surface area contributed by atoms with Crippen LogP contribution in [0.3, 0.4) is 0 Å². The lowest BCUT2D eigenvalue weighted by Crippen LogP contribution is -2.35. The van der Waals surface area contributed by atoms with Crippen LogP contribution < -0.4 is 10.1 Å². The van der Waals surface area contributed by atoms with E-state index in [1.165, 1.54) is 0 Å². The molecule has 1 aromatic carbocycles. The van der Waals surface area contributed by atoms with Gasteiger partial charge in [-0.15, -0.1) is 0 Å². The number of rotatable bonds is 6. The summed E-state index contributed by atoms with van der Waals surface area (Å²) in [7, 11) is 0. The van der Waals surface area contributed by atoms with Crippen LogP contribution in [0, 0.1) is 0 Å². The molecule has 0 fully saturated rings. The maximum Gasteiger partial charge on any atom is 0.123 e. The van der Waals surface area contributed by atoms with Crippen molar-refractivity contribution in [3.05, 3.63) is 46.7 Å². The number of aromatic nitrogens is 2. The van der Waals surface area contributed by atoms with Crippen LogP contribution in [-0.4, -0.2) is 21.9 Å². The van der Waals surface area contributed by atoms with Gasteiger partial charge < -0.3 is 10.1 Å². The fourth-order valence-electron chi connectivity index (χ4n) is 1.87. The Labute approximate surface area is 134 Å². The molecule has 5 heteroatoms. The molecule has 1 aromatic heterocycles. The zero-order valence-corrected chi connectivity index (χ0v) is 14.4. The highest BCUT2D eigenvalue weighted by Crippen LogP contribution is 2.24. The average molecular weight is 352 g/mol. The zero-order valence-electron chi connectivity index (χ0n) is 12.8. The summed E-state index contributed by atoms with van der Waals surface area (Å²) >= 11 is 3.52. The molecule has 1 N–H and O–H groups in total. The van der Waals surface area contributed by atoms with Gasteiger partial charge in [0.15, 0.2) is 0 Å². The molecule has 0 atom stereocenters. The first-order valence-corrected chi connectivity index (χ1v) is 7.87. The van der Waals surface area contributed by atoms with Crippen LogP contribution in [0.15, 0.2) is 41.1 Å². The van der Waals surface area contributed by atoms with Crippen molar-refractivity contribution in [2.24, 2.45) is 0 Å². The SMILES string of the molecule is CC(C)(C)NCc1cc(Br)ccc1OCCn1cccn1. The second-order valence-electron chi connectivity index (χ2n) is 5.97. The van der Waals surface area contributed by atoms with Crippen molar-refractivity contribution < 1.29 is 4.74 Å². The Balaban J connectivity index is 1.97. The van der Waals surface area contributed by atoms with Gasteiger partial charge >= 0.3 is 0 Å². The van der Waals surface area contributed by atoms with Gasteiger partial charge in [-0.25, -0.2) is 0 Å². The van der Waals surface area contributed by atoms with Gasteiger partial charge in [-0.2, -0.15) is 5.10 Å². The first kappa shape index (κ1) is 16.0. The molecule has 0 bridgehead atoms. The second kappa shape index (κ2) is 7.09. The lowest BCUT2D eigenvalue weighted by Gasteiger charge is -2.22. The summed E-state index contributed by atoms with van der Waals surface area (Å²) in [6.07, 6.45) is 3.71. The number of halogens is 1. The van der Waals surface area contributed by atoms with E-state index >= 15 is 0 Å². The molecule has 2 rings (SSSR count). The van der Waals surface area contributed by atoms with Crippen LogP contribution in [0.5, 0.6) is 5.75 Å². The summed E-state index contributed by atoms with van der Waals surface area (Å²) in [5, 5.41) is 7.66. The van der Waals surface area contributed by atoms with Gasteiger partial charge in [0, 0.05) is 34.5 Å². The minimum atomic E-state index is 0.0780. The van der Waals surface area contributed by atoms with Crippen molar-refractivity contribution in [3.8, 4) is 5.75 Å². The third kappa shape index (κ3) is 5.52. The monoisotopic (exact) mass is 351 g/mol. The summed E-state index contributed by atoms with van der Waals surface area (Å²) in [5.74, 6) is 0.919. The van der Waals surface area contributed by atoms with Crippen LogP contribution in [0.1, 0.15) is 26.3 Å². The van der Waals surface area contributed by atoms with Crippen LogP contribution in [-0.2, 0) is 13.1 Å². The highest BCUT2D eigenvalue weighted by atomic mass is 79.9. The number of hydrogen-bond acceptors (Lipinski definition) is 3. The van der Waals surface area contributed by atoms with Gasteiger partial charge in [-0.1, -0.05) is 15.9 Å². The maximum atomic E-state index is 5.91. The first-order chi connectivity index (χ1) is 9.94. The molecule has 1 heterocycles. The van der Waals surface area contributed by atoms with E-state index in [4.69, 9.17) is 4.74 Å². The quantitative estimate of drug-likeness (QED) is 0.863. The highest BCUT2D eigenvalue weighted by Gasteiger charge is 2.11. The van der Waals surface area contributed by atoms with Gasteiger partial charge in [0.25, 0.3) is 0 Å². The molecule has 0 spiro atoms. The Morgan fingerprint density at radius 3 is 2.81 bits per heavy atom. The van der Waals surface area contributed by atoms with Crippen molar-refractivity contribution in [2.75, 3.05) is 6.61 Å². The van der Waals surface area contributed by atoms with E-state index in [9.17, 15) is 0 Å². The molecule has 0 unspecified atom stereocenters. The molecule has 4 nitrogen and oxygen atoms in total. The fourth-order valence-corrected chi connectivity index (χ4v) is 2.28. The highest BCUT2D eigenvalue weighted by molar-refractivity contribution is 9.10. The average Bonchev–Trinajstić information content (AvgIpc) is 2.91. The summed E-state index contributed by atoms with van der Waals surface area (Å²) in [6, 6.07) is 8.02. The molecule has 114 valence electrons. The topological polar surface area (TPSA) is 39.1 Å². The molecule has 2 aromatic rings. The Bertz CT molecular complexity index is 561. The van der Waals surface area contributed by atoms with E-state index in [-0.39, 0.29) is 5.54 Å². The van der Waals surface area contributed by atoms with Crippen molar-refractivity contribution in [2.45, 2.75) is 39.4 Å². The van der Waals surface area contributed by atoms with Crippen LogP contribution in [0.2, 0.25) is 0 Å².